The molecule has 0 fully saturated rings. The minimum absolute atomic E-state index is 0.221. The molecule has 0 aliphatic heterocycles. The van der Waals surface area contributed by atoms with Crippen molar-refractivity contribution in [2.24, 2.45) is 11.8 Å². The fourth-order valence-corrected chi connectivity index (χ4v) is 1.29. The Morgan fingerprint density at radius 2 is 1.76 bits per heavy atom. The highest BCUT2D eigenvalue weighted by molar-refractivity contribution is 5.84. The Hall–Kier alpha value is -1.92. The predicted molar refractivity (Wildman–Crippen MR) is 72.1 cm³/mol. The SMILES string of the molecule is CC(C)C(C)COC(=O)Nc1ccc(OC(F)(F)F)cc1. The standard InChI is InChI=1S/C14H18F3NO3/c1-9(2)10(3)8-20-13(19)18-11-4-6-12(7-5-11)21-14(15,16)17/h4-7,9-10H,8H2,1-3H3,(H,18,19). The fraction of sp³-hybridized carbons (Fsp3) is 0.500. The molecule has 0 aromatic heterocycles. The molecule has 0 heterocycles. The van der Waals surface area contributed by atoms with Crippen molar-refractivity contribution in [2.75, 3.05) is 11.9 Å². The Morgan fingerprint density at radius 3 is 2.24 bits per heavy atom. The first-order chi connectivity index (χ1) is 9.67. The van der Waals surface area contributed by atoms with Crippen LogP contribution in [0.4, 0.5) is 23.7 Å². The zero-order chi connectivity index (χ0) is 16.0. The van der Waals surface area contributed by atoms with E-state index in [0.717, 1.165) is 12.1 Å². The number of rotatable bonds is 5. The molecule has 0 aliphatic rings. The van der Waals surface area contributed by atoms with Gasteiger partial charge in [0.15, 0.2) is 0 Å². The van der Waals surface area contributed by atoms with E-state index in [1.54, 1.807) is 0 Å². The molecule has 0 spiro atoms. The summed E-state index contributed by atoms with van der Waals surface area (Å²) in [4.78, 5) is 11.5. The van der Waals surface area contributed by atoms with Crippen LogP contribution in [0.2, 0.25) is 0 Å². The van der Waals surface area contributed by atoms with Gasteiger partial charge in [0, 0.05) is 5.69 Å². The summed E-state index contributed by atoms with van der Waals surface area (Å²) in [5.41, 5.74) is 0.326. The van der Waals surface area contributed by atoms with Crippen molar-refractivity contribution in [3.05, 3.63) is 24.3 Å². The van der Waals surface area contributed by atoms with Gasteiger partial charge in [0.25, 0.3) is 0 Å². The van der Waals surface area contributed by atoms with Gasteiger partial charge < -0.3 is 9.47 Å². The van der Waals surface area contributed by atoms with Gasteiger partial charge in [-0.2, -0.15) is 0 Å². The molecule has 1 atom stereocenters. The summed E-state index contributed by atoms with van der Waals surface area (Å²) in [5, 5.41) is 2.43. The highest BCUT2D eigenvalue weighted by Crippen LogP contribution is 2.24. The predicted octanol–water partition coefficient (Wildman–Crippen LogP) is 4.43. The van der Waals surface area contributed by atoms with E-state index in [0.29, 0.717) is 11.6 Å². The van der Waals surface area contributed by atoms with E-state index in [-0.39, 0.29) is 18.3 Å². The minimum Gasteiger partial charge on any atom is -0.449 e. The zero-order valence-corrected chi connectivity index (χ0v) is 12.0. The third-order valence-electron chi connectivity index (χ3n) is 2.95. The molecule has 1 unspecified atom stereocenters. The second-order valence-electron chi connectivity index (χ2n) is 5.02. The second kappa shape index (κ2) is 7.19. The summed E-state index contributed by atoms with van der Waals surface area (Å²) in [5.74, 6) is 0.254. The van der Waals surface area contributed by atoms with E-state index < -0.39 is 12.5 Å². The van der Waals surface area contributed by atoms with E-state index in [2.05, 4.69) is 10.1 Å². The quantitative estimate of drug-likeness (QED) is 0.875. The van der Waals surface area contributed by atoms with Crippen LogP contribution in [0.1, 0.15) is 20.8 Å². The van der Waals surface area contributed by atoms with Crippen molar-refractivity contribution in [2.45, 2.75) is 27.1 Å². The lowest BCUT2D eigenvalue weighted by atomic mass is 10.00. The largest absolute Gasteiger partial charge is 0.573 e. The number of anilines is 1. The van der Waals surface area contributed by atoms with Gasteiger partial charge in [0.1, 0.15) is 5.75 Å². The van der Waals surface area contributed by atoms with Gasteiger partial charge >= 0.3 is 12.5 Å². The molecule has 1 rings (SSSR count). The maximum atomic E-state index is 12.0. The molecule has 1 N–H and O–H groups in total. The van der Waals surface area contributed by atoms with E-state index in [1.807, 2.05) is 20.8 Å². The smallest absolute Gasteiger partial charge is 0.449 e. The van der Waals surface area contributed by atoms with Crippen molar-refractivity contribution in [3.63, 3.8) is 0 Å². The lowest BCUT2D eigenvalue weighted by molar-refractivity contribution is -0.274. The van der Waals surface area contributed by atoms with Gasteiger partial charge in [0.05, 0.1) is 6.61 Å². The van der Waals surface area contributed by atoms with Crippen molar-refractivity contribution < 1.29 is 27.4 Å². The van der Waals surface area contributed by atoms with E-state index in [1.165, 1.54) is 12.1 Å². The van der Waals surface area contributed by atoms with Crippen LogP contribution in [0.25, 0.3) is 0 Å². The van der Waals surface area contributed by atoms with E-state index in [9.17, 15) is 18.0 Å². The highest BCUT2D eigenvalue weighted by atomic mass is 19.4. The summed E-state index contributed by atoms with van der Waals surface area (Å²) in [6.07, 6.45) is -5.38. The molecule has 21 heavy (non-hydrogen) atoms. The molecule has 1 amide bonds. The molecule has 0 saturated heterocycles. The van der Waals surface area contributed by atoms with Gasteiger partial charge in [-0.25, -0.2) is 4.79 Å². The lowest BCUT2D eigenvalue weighted by Gasteiger charge is -2.15. The fourth-order valence-electron chi connectivity index (χ4n) is 1.29. The molecule has 0 saturated carbocycles. The molecule has 0 aliphatic carbocycles. The molecule has 0 bridgehead atoms. The van der Waals surface area contributed by atoms with Crippen LogP contribution in [0.15, 0.2) is 24.3 Å². The van der Waals surface area contributed by atoms with Crippen molar-refractivity contribution >= 4 is 11.8 Å². The first kappa shape index (κ1) is 17.1. The Balaban J connectivity index is 2.46. The molecule has 118 valence electrons. The number of halogens is 3. The topological polar surface area (TPSA) is 47.6 Å². The van der Waals surface area contributed by atoms with Gasteiger partial charge in [0.2, 0.25) is 0 Å². The van der Waals surface area contributed by atoms with Crippen LogP contribution in [-0.2, 0) is 4.74 Å². The average molecular weight is 305 g/mol. The van der Waals surface area contributed by atoms with Crippen LogP contribution < -0.4 is 10.1 Å². The highest BCUT2D eigenvalue weighted by Gasteiger charge is 2.30. The second-order valence-corrected chi connectivity index (χ2v) is 5.02. The number of alkyl halides is 3. The number of hydrogen-bond donors (Lipinski definition) is 1. The van der Waals surface area contributed by atoms with Crippen molar-refractivity contribution in [1.82, 2.24) is 0 Å². The number of hydrogen-bond acceptors (Lipinski definition) is 3. The first-order valence-electron chi connectivity index (χ1n) is 6.47. The van der Waals surface area contributed by atoms with Crippen LogP contribution in [-0.4, -0.2) is 19.1 Å². The minimum atomic E-state index is -4.74. The molecule has 0 radical (unpaired) electrons. The lowest BCUT2D eigenvalue weighted by Crippen LogP contribution is -2.20. The number of carbonyl (C=O) groups is 1. The Kier molecular flexibility index (Phi) is 5.87. The normalized spacial score (nSPS) is 12.9. The van der Waals surface area contributed by atoms with Gasteiger partial charge in [-0.15, -0.1) is 13.2 Å². The zero-order valence-electron chi connectivity index (χ0n) is 12.0. The van der Waals surface area contributed by atoms with Crippen LogP contribution >= 0.6 is 0 Å². The van der Waals surface area contributed by atoms with Crippen molar-refractivity contribution in [1.29, 1.82) is 0 Å². The third-order valence-corrected chi connectivity index (χ3v) is 2.95. The van der Waals surface area contributed by atoms with Gasteiger partial charge in [-0.3, -0.25) is 5.32 Å². The number of nitrogens with one attached hydrogen (secondary N) is 1. The summed E-state index contributed by atoms with van der Waals surface area (Å²) in [7, 11) is 0. The Bertz CT molecular complexity index is 458. The Morgan fingerprint density at radius 1 is 1.19 bits per heavy atom. The Labute approximate surface area is 121 Å². The van der Waals surface area contributed by atoms with Crippen LogP contribution in [0.3, 0.4) is 0 Å². The number of amides is 1. The van der Waals surface area contributed by atoms with Gasteiger partial charge in [-0.05, 0) is 36.1 Å². The summed E-state index contributed by atoms with van der Waals surface area (Å²) >= 11 is 0. The summed E-state index contributed by atoms with van der Waals surface area (Å²) < 4.78 is 44.7. The van der Waals surface area contributed by atoms with Gasteiger partial charge in [-0.1, -0.05) is 20.8 Å². The van der Waals surface area contributed by atoms with E-state index >= 15 is 0 Å². The molecule has 7 heteroatoms. The van der Waals surface area contributed by atoms with E-state index in [4.69, 9.17) is 4.74 Å². The third kappa shape index (κ3) is 6.87. The monoisotopic (exact) mass is 305 g/mol. The summed E-state index contributed by atoms with van der Waals surface area (Å²) in [6.45, 7) is 6.27. The van der Waals surface area contributed by atoms with Crippen LogP contribution in [0, 0.1) is 11.8 Å². The van der Waals surface area contributed by atoms with Crippen molar-refractivity contribution in [3.8, 4) is 5.75 Å². The number of ether oxygens (including phenoxy) is 2. The maximum Gasteiger partial charge on any atom is 0.573 e. The summed E-state index contributed by atoms with van der Waals surface area (Å²) in [6, 6.07) is 4.82. The maximum absolute atomic E-state index is 12.0. The number of benzene rings is 1. The molecule has 1 aromatic carbocycles. The average Bonchev–Trinajstić information content (AvgIpc) is 2.36. The first-order valence-corrected chi connectivity index (χ1v) is 6.47. The molecule has 4 nitrogen and oxygen atoms in total. The van der Waals surface area contributed by atoms with Crippen LogP contribution in [0.5, 0.6) is 5.75 Å². The number of carbonyl (C=O) groups excluding carboxylic acids is 1. The molecule has 1 aromatic rings. The molecular weight excluding hydrogens is 287 g/mol. The molecular formula is C14H18F3NO3.